The van der Waals surface area contributed by atoms with E-state index in [1.165, 1.54) is 12.0 Å². The molecule has 1 aromatic rings. The van der Waals surface area contributed by atoms with Gasteiger partial charge < -0.3 is 5.32 Å². The lowest BCUT2D eigenvalue weighted by Crippen LogP contribution is -2.39. The summed E-state index contributed by atoms with van der Waals surface area (Å²) in [4.78, 5) is 4.24. The lowest BCUT2D eigenvalue weighted by Gasteiger charge is -2.28. The average Bonchev–Trinajstić information content (AvgIpc) is 2.29. The van der Waals surface area contributed by atoms with Crippen LogP contribution < -0.4 is 5.32 Å². The van der Waals surface area contributed by atoms with E-state index in [0.717, 1.165) is 6.54 Å². The van der Waals surface area contributed by atoms with Crippen molar-refractivity contribution in [3.05, 3.63) is 30.1 Å². The van der Waals surface area contributed by atoms with Crippen molar-refractivity contribution in [2.45, 2.75) is 52.5 Å². The Hall–Kier alpha value is -0.890. The summed E-state index contributed by atoms with van der Waals surface area (Å²) < 4.78 is 0. The molecule has 0 radical (unpaired) electrons. The Bertz CT molecular complexity index is 313. The molecule has 0 saturated heterocycles. The zero-order valence-corrected chi connectivity index (χ0v) is 11.8. The standard InChI is InChI=1S/C15H26N2/c1-6-12(2)14(11-17-15(3,4)5)13-8-7-9-16-10-13/h7-10,12,14,17H,6,11H2,1-5H3. The fourth-order valence-electron chi connectivity index (χ4n) is 1.94. The van der Waals surface area contributed by atoms with Crippen LogP contribution in [0.3, 0.4) is 0 Å². The summed E-state index contributed by atoms with van der Waals surface area (Å²) in [6.07, 6.45) is 5.04. The van der Waals surface area contributed by atoms with Gasteiger partial charge in [-0.1, -0.05) is 26.3 Å². The smallest absolute Gasteiger partial charge is 0.0303 e. The van der Waals surface area contributed by atoms with Gasteiger partial charge in [-0.3, -0.25) is 4.98 Å². The SMILES string of the molecule is CCC(C)C(CNC(C)(C)C)c1cccnc1. The third-order valence-corrected chi connectivity index (χ3v) is 3.30. The molecule has 0 aliphatic carbocycles. The number of aromatic nitrogens is 1. The van der Waals surface area contributed by atoms with Crippen LogP contribution in [0.1, 0.15) is 52.5 Å². The van der Waals surface area contributed by atoms with Crippen LogP contribution in [0, 0.1) is 5.92 Å². The Morgan fingerprint density at radius 1 is 1.35 bits per heavy atom. The number of rotatable bonds is 5. The minimum absolute atomic E-state index is 0.175. The molecule has 1 N–H and O–H groups in total. The Morgan fingerprint density at radius 2 is 2.06 bits per heavy atom. The van der Waals surface area contributed by atoms with E-state index in [-0.39, 0.29) is 5.54 Å². The molecule has 2 unspecified atom stereocenters. The van der Waals surface area contributed by atoms with Crippen LogP contribution in [0.25, 0.3) is 0 Å². The molecule has 0 bridgehead atoms. The van der Waals surface area contributed by atoms with E-state index >= 15 is 0 Å². The van der Waals surface area contributed by atoms with E-state index in [1.807, 2.05) is 18.5 Å². The number of nitrogens with zero attached hydrogens (tertiary/aromatic N) is 1. The van der Waals surface area contributed by atoms with Gasteiger partial charge >= 0.3 is 0 Å². The van der Waals surface area contributed by atoms with E-state index in [0.29, 0.717) is 11.8 Å². The Balaban J connectivity index is 2.75. The number of hydrogen-bond acceptors (Lipinski definition) is 2. The van der Waals surface area contributed by atoms with Crippen molar-refractivity contribution in [2.75, 3.05) is 6.54 Å². The van der Waals surface area contributed by atoms with Crippen molar-refractivity contribution >= 4 is 0 Å². The normalized spacial score (nSPS) is 15.6. The summed E-state index contributed by atoms with van der Waals surface area (Å²) in [5, 5.41) is 3.61. The molecule has 1 heterocycles. The molecule has 96 valence electrons. The van der Waals surface area contributed by atoms with Crippen molar-refractivity contribution in [1.29, 1.82) is 0 Å². The van der Waals surface area contributed by atoms with Crippen LogP contribution in [-0.2, 0) is 0 Å². The Labute approximate surface area is 106 Å². The summed E-state index contributed by atoms with van der Waals surface area (Å²) in [5.74, 6) is 1.22. The summed E-state index contributed by atoms with van der Waals surface area (Å²) in [7, 11) is 0. The zero-order chi connectivity index (χ0) is 12.9. The highest BCUT2D eigenvalue weighted by atomic mass is 14.9. The van der Waals surface area contributed by atoms with Gasteiger partial charge in [-0.15, -0.1) is 0 Å². The molecule has 0 aliphatic heterocycles. The van der Waals surface area contributed by atoms with Crippen molar-refractivity contribution in [3.63, 3.8) is 0 Å². The van der Waals surface area contributed by atoms with E-state index in [2.05, 4.69) is 51.0 Å². The van der Waals surface area contributed by atoms with E-state index < -0.39 is 0 Å². The van der Waals surface area contributed by atoms with Gasteiger partial charge in [0.15, 0.2) is 0 Å². The third kappa shape index (κ3) is 4.86. The second-order valence-corrected chi connectivity index (χ2v) is 5.91. The number of nitrogens with one attached hydrogen (secondary N) is 1. The number of pyridine rings is 1. The molecule has 0 aliphatic rings. The average molecular weight is 234 g/mol. The molecule has 2 heteroatoms. The van der Waals surface area contributed by atoms with Crippen LogP contribution in [-0.4, -0.2) is 17.1 Å². The van der Waals surface area contributed by atoms with Crippen molar-refractivity contribution in [1.82, 2.24) is 10.3 Å². The first kappa shape index (κ1) is 14.2. The molecule has 0 fully saturated rings. The Kier molecular flexibility index (Phi) is 5.13. The molecule has 0 aromatic carbocycles. The molecule has 17 heavy (non-hydrogen) atoms. The summed E-state index contributed by atoms with van der Waals surface area (Å²) in [6.45, 7) is 12.2. The first-order valence-electron chi connectivity index (χ1n) is 6.59. The van der Waals surface area contributed by atoms with Crippen molar-refractivity contribution in [2.24, 2.45) is 5.92 Å². The summed E-state index contributed by atoms with van der Waals surface area (Å²) >= 11 is 0. The van der Waals surface area contributed by atoms with Gasteiger partial charge in [0.25, 0.3) is 0 Å². The molecule has 1 aromatic heterocycles. The van der Waals surface area contributed by atoms with Gasteiger partial charge in [-0.25, -0.2) is 0 Å². The van der Waals surface area contributed by atoms with Crippen LogP contribution in [0.15, 0.2) is 24.5 Å². The predicted molar refractivity (Wildman–Crippen MR) is 74.2 cm³/mol. The van der Waals surface area contributed by atoms with Crippen LogP contribution in [0.2, 0.25) is 0 Å². The molecular formula is C15H26N2. The first-order chi connectivity index (χ1) is 7.94. The van der Waals surface area contributed by atoms with Gasteiger partial charge in [0.05, 0.1) is 0 Å². The third-order valence-electron chi connectivity index (χ3n) is 3.30. The van der Waals surface area contributed by atoms with Gasteiger partial charge in [0.1, 0.15) is 0 Å². The maximum absolute atomic E-state index is 4.24. The Morgan fingerprint density at radius 3 is 2.53 bits per heavy atom. The molecule has 2 atom stereocenters. The molecule has 1 rings (SSSR count). The van der Waals surface area contributed by atoms with Gasteiger partial charge in [-0.05, 0) is 38.3 Å². The van der Waals surface area contributed by atoms with Crippen LogP contribution in [0.4, 0.5) is 0 Å². The van der Waals surface area contributed by atoms with Crippen molar-refractivity contribution in [3.8, 4) is 0 Å². The van der Waals surface area contributed by atoms with Crippen molar-refractivity contribution < 1.29 is 0 Å². The second kappa shape index (κ2) is 6.15. The van der Waals surface area contributed by atoms with E-state index in [4.69, 9.17) is 0 Å². The monoisotopic (exact) mass is 234 g/mol. The van der Waals surface area contributed by atoms with Crippen LogP contribution in [0.5, 0.6) is 0 Å². The minimum Gasteiger partial charge on any atom is -0.311 e. The molecule has 0 amide bonds. The molecule has 0 saturated carbocycles. The molecular weight excluding hydrogens is 208 g/mol. The van der Waals surface area contributed by atoms with E-state index in [1.54, 1.807) is 0 Å². The predicted octanol–water partition coefficient (Wildman–Crippen LogP) is 3.60. The highest BCUT2D eigenvalue weighted by molar-refractivity contribution is 5.16. The first-order valence-corrected chi connectivity index (χ1v) is 6.59. The second-order valence-electron chi connectivity index (χ2n) is 5.91. The van der Waals surface area contributed by atoms with Crippen LogP contribution >= 0.6 is 0 Å². The topological polar surface area (TPSA) is 24.9 Å². The number of hydrogen-bond donors (Lipinski definition) is 1. The summed E-state index contributed by atoms with van der Waals surface area (Å²) in [5.41, 5.74) is 1.52. The van der Waals surface area contributed by atoms with Gasteiger partial charge in [-0.2, -0.15) is 0 Å². The maximum Gasteiger partial charge on any atom is 0.0303 e. The summed E-state index contributed by atoms with van der Waals surface area (Å²) in [6, 6.07) is 4.22. The largest absolute Gasteiger partial charge is 0.311 e. The highest BCUT2D eigenvalue weighted by Crippen LogP contribution is 2.26. The quantitative estimate of drug-likeness (QED) is 0.842. The van der Waals surface area contributed by atoms with Gasteiger partial charge in [0.2, 0.25) is 0 Å². The minimum atomic E-state index is 0.175. The fraction of sp³-hybridized carbons (Fsp3) is 0.667. The molecule has 0 spiro atoms. The van der Waals surface area contributed by atoms with E-state index in [9.17, 15) is 0 Å². The van der Waals surface area contributed by atoms with Gasteiger partial charge in [0, 0.05) is 30.4 Å². The maximum atomic E-state index is 4.24. The molecule has 2 nitrogen and oxygen atoms in total. The fourth-order valence-corrected chi connectivity index (χ4v) is 1.94. The lowest BCUT2D eigenvalue weighted by molar-refractivity contribution is 0.355. The zero-order valence-electron chi connectivity index (χ0n) is 11.8. The highest BCUT2D eigenvalue weighted by Gasteiger charge is 2.20. The lowest BCUT2D eigenvalue weighted by atomic mass is 9.86.